The largest absolute Gasteiger partial charge is 0.334 e. The van der Waals surface area contributed by atoms with Crippen LogP contribution in [0.4, 0.5) is 0 Å². The predicted octanol–water partition coefficient (Wildman–Crippen LogP) is 2.93. The molecule has 6 nitrogen and oxygen atoms in total. The summed E-state index contributed by atoms with van der Waals surface area (Å²) >= 11 is 0. The monoisotopic (exact) mass is 304 g/mol. The topological polar surface area (TPSA) is 92.7 Å². The van der Waals surface area contributed by atoms with Gasteiger partial charge >= 0.3 is 0 Å². The van der Waals surface area contributed by atoms with E-state index in [9.17, 15) is 10.1 Å². The van der Waals surface area contributed by atoms with Gasteiger partial charge in [-0.25, -0.2) is 0 Å². The van der Waals surface area contributed by atoms with Gasteiger partial charge < -0.3 is 4.52 Å². The SMILES string of the molecule is Cc1noc(-c2ccccc2C(=O)[C@H](C#N)c2ccccn2)n1. The Labute approximate surface area is 132 Å². The highest BCUT2D eigenvalue weighted by Crippen LogP contribution is 2.27. The molecule has 0 radical (unpaired) electrons. The summed E-state index contributed by atoms with van der Waals surface area (Å²) in [6, 6.07) is 14.0. The van der Waals surface area contributed by atoms with Crippen LogP contribution in [0.5, 0.6) is 0 Å². The van der Waals surface area contributed by atoms with Gasteiger partial charge in [0.15, 0.2) is 17.5 Å². The van der Waals surface area contributed by atoms with E-state index in [4.69, 9.17) is 4.52 Å². The van der Waals surface area contributed by atoms with Gasteiger partial charge in [0, 0.05) is 11.8 Å². The Hall–Kier alpha value is -3.33. The Morgan fingerprint density at radius 1 is 1.22 bits per heavy atom. The van der Waals surface area contributed by atoms with Gasteiger partial charge in [-0.1, -0.05) is 29.4 Å². The molecule has 0 aliphatic carbocycles. The molecule has 1 aromatic carbocycles. The van der Waals surface area contributed by atoms with E-state index in [1.807, 2.05) is 6.07 Å². The smallest absolute Gasteiger partial charge is 0.258 e. The summed E-state index contributed by atoms with van der Waals surface area (Å²) in [4.78, 5) is 21.1. The maximum Gasteiger partial charge on any atom is 0.258 e. The maximum absolute atomic E-state index is 12.8. The molecule has 2 aromatic heterocycles. The first kappa shape index (κ1) is 14.6. The number of aryl methyl sites for hydroxylation is 1. The standard InChI is InChI=1S/C17H12N4O2/c1-11-20-17(23-21-11)13-7-3-2-6-12(13)16(22)14(10-18)15-8-4-5-9-19-15/h2-9,14H,1H3/t14-/m1/s1. The number of carbonyl (C=O) groups is 1. The summed E-state index contributed by atoms with van der Waals surface area (Å²) in [6.45, 7) is 1.70. The number of Topliss-reactive ketones (excluding diaryl/α,β-unsaturated/α-hetero) is 1. The van der Waals surface area contributed by atoms with Crippen LogP contribution in [0.25, 0.3) is 11.5 Å². The third-order valence-corrected chi connectivity index (χ3v) is 3.33. The molecule has 6 heteroatoms. The molecule has 1 atom stereocenters. The van der Waals surface area contributed by atoms with E-state index in [0.29, 0.717) is 22.6 Å². The highest BCUT2D eigenvalue weighted by molar-refractivity contribution is 6.06. The summed E-state index contributed by atoms with van der Waals surface area (Å²) in [6.07, 6.45) is 1.56. The lowest BCUT2D eigenvalue weighted by molar-refractivity contribution is 0.0978. The molecule has 0 bridgehead atoms. The van der Waals surface area contributed by atoms with Crippen LogP contribution in [-0.4, -0.2) is 20.9 Å². The Morgan fingerprint density at radius 3 is 2.65 bits per heavy atom. The molecule has 0 amide bonds. The molecular formula is C17H12N4O2. The first-order valence-electron chi connectivity index (χ1n) is 6.95. The Morgan fingerprint density at radius 2 is 2.00 bits per heavy atom. The van der Waals surface area contributed by atoms with Crippen LogP contribution >= 0.6 is 0 Å². The number of hydrogen-bond donors (Lipinski definition) is 0. The van der Waals surface area contributed by atoms with Crippen LogP contribution in [0.1, 0.15) is 27.8 Å². The van der Waals surface area contributed by atoms with E-state index < -0.39 is 5.92 Å². The van der Waals surface area contributed by atoms with Gasteiger partial charge in [-0.15, -0.1) is 0 Å². The number of nitriles is 1. The fraction of sp³-hybridized carbons (Fsp3) is 0.118. The number of aromatic nitrogens is 3. The number of benzene rings is 1. The van der Waals surface area contributed by atoms with Crippen molar-refractivity contribution < 1.29 is 9.32 Å². The van der Waals surface area contributed by atoms with Gasteiger partial charge in [0.1, 0.15) is 0 Å². The quantitative estimate of drug-likeness (QED) is 0.688. The van der Waals surface area contributed by atoms with Crippen LogP contribution in [0.3, 0.4) is 0 Å². The van der Waals surface area contributed by atoms with Crippen molar-refractivity contribution in [2.75, 3.05) is 0 Å². The van der Waals surface area contributed by atoms with Crippen molar-refractivity contribution in [1.29, 1.82) is 5.26 Å². The molecule has 23 heavy (non-hydrogen) atoms. The molecule has 2 heterocycles. The van der Waals surface area contributed by atoms with Crippen LogP contribution in [0, 0.1) is 18.3 Å². The van der Waals surface area contributed by atoms with E-state index in [0.717, 1.165) is 0 Å². The van der Waals surface area contributed by atoms with Crippen molar-refractivity contribution in [2.24, 2.45) is 0 Å². The Bertz CT molecular complexity index is 881. The summed E-state index contributed by atoms with van der Waals surface area (Å²) in [7, 11) is 0. The van der Waals surface area contributed by atoms with E-state index in [1.54, 1.807) is 55.6 Å². The third-order valence-electron chi connectivity index (χ3n) is 3.33. The summed E-state index contributed by atoms with van der Waals surface area (Å²) < 4.78 is 5.15. The van der Waals surface area contributed by atoms with Crippen molar-refractivity contribution in [2.45, 2.75) is 12.8 Å². The number of pyridine rings is 1. The minimum Gasteiger partial charge on any atom is -0.334 e. The first-order valence-corrected chi connectivity index (χ1v) is 6.95. The van der Waals surface area contributed by atoms with Gasteiger partial charge in [-0.3, -0.25) is 9.78 Å². The molecule has 0 saturated carbocycles. The minimum atomic E-state index is -0.985. The van der Waals surface area contributed by atoms with Gasteiger partial charge in [0.05, 0.1) is 17.3 Å². The van der Waals surface area contributed by atoms with Crippen molar-refractivity contribution in [3.63, 3.8) is 0 Å². The van der Waals surface area contributed by atoms with Crippen molar-refractivity contribution in [3.05, 3.63) is 65.7 Å². The molecule has 0 unspecified atom stereocenters. The Kier molecular flexibility index (Phi) is 3.93. The maximum atomic E-state index is 12.8. The number of carbonyl (C=O) groups excluding carboxylic acids is 1. The zero-order chi connectivity index (χ0) is 16.2. The van der Waals surface area contributed by atoms with Gasteiger partial charge in [-0.2, -0.15) is 10.2 Å². The van der Waals surface area contributed by atoms with Crippen LogP contribution in [-0.2, 0) is 0 Å². The number of hydrogen-bond acceptors (Lipinski definition) is 6. The van der Waals surface area contributed by atoms with E-state index >= 15 is 0 Å². The van der Waals surface area contributed by atoms with Crippen molar-refractivity contribution in [3.8, 4) is 17.5 Å². The number of rotatable bonds is 4. The molecule has 3 rings (SSSR count). The lowest BCUT2D eigenvalue weighted by Crippen LogP contribution is -2.13. The fourth-order valence-electron chi connectivity index (χ4n) is 2.25. The number of ketones is 1. The van der Waals surface area contributed by atoms with Gasteiger partial charge in [0.25, 0.3) is 5.89 Å². The normalized spacial score (nSPS) is 11.7. The van der Waals surface area contributed by atoms with Gasteiger partial charge in [-0.05, 0) is 25.1 Å². The van der Waals surface area contributed by atoms with Crippen molar-refractivity contribution in [1.82, 2.24) is 15.1 Å². The predicted molar refractivity (Wildman–Crippen MR) is 81.4 cm³/mol. The van der Waals surface area contributed by atoms with Gasteiger partial charge in [0.2, 0.25) is 0 Å². The molecule has 3 aromatic rings. The zero-order valence-electron chi connectivity index (χ0n) is 12.3. The average molecular weight is 304 g/mol. The molecule has 0 spiro atoms. The van der Waals surface area contributed by atoms with E-state index in [-0.39, 0.29) is 11.7 Å². The highest BCUT2D eigenvalue weighted by atomic mass is 16.5. The average Bonchev–Trinajstić information content (AvgIpc) is 3.03. The summed E-state index contributed by atoms with van der Waals surface area (Å²) in [5.74, 6) is -0.605. The Balaban J connectivity index is 2.05. The summed E-state index contributed by atoms with van der Waals surface area (Å²) in [5, 5.41) is 13.2. The summed E-state index contributed by atoms with van der Waals surface area (Å²) in [5.41, 5.74) is 1.28. The number of nitrogens with zero attached hydrogens (tertiary/aromatic N) is 4. The fourth-order valence-corrected chi connectivity index (χ4v) is 2.25. The second kappa shape index (κ2) is 6.20. The second-order valence-corrected chi connectivity index (χ2v) is 4.87. The van der Waals surface area contributed by atoms with E-state index in [2.05, 4.69) is 15.1 Å². The van der Waals surface area contributed by atoms with Crippen LogP contribution in [0.15, 0.2) is 53.2 Å². The molecule has 0 aliphatic rings. The molecule has 0 N–H and O–H groups in total. The van der Waals surface area contributed by atoms with Crippen molar-refractivity contribution >= 4 is 5.78 Å². The minimum absolute atomic E-state index is 0.254. The molecule has 0 aliphatic heterocycles. The first-order chi connectivity index (χ1) is 11.2. The highest BCUT2D eigenvalue weighted by Gasteiger charge is 2.26. The molecule has 0 fully saturated rings. The molecule has 112 valence electrons. The lowest BCUT2D eigenvalue weighted by Gasteiger charge is -2.09. The molecule has 0 saturated heterocycles. The second-order valence-electron chi connectivity index (χ2n) is 4.87. The van der Waals surface area contributed by atoms with E-state index in [1.165, 1.54) is 0 Å². The third kappa shape index (κ3) is 2.85. The lowest BCUT2D eigenvalue weighted by atomic mass is 9.92. The van der Waals surface area contributed by atoms with Crippen LogP contribution < -0.4 is 0 Å². The van der Waals surface area contributed by atoms with Crippen LogP contribution in [0.2, 0.25) is 0 Å². The zero-order valence-corrected chi connectivity index (χ0v) is 12.3. The molecular weight excluding hydrogens is 292 g/mol.